The zero-order valence-corrected chi connectivity index (χ0v) is 24.6. The normalized spacial score (nSPS) is 18.3. The Bertz CT molecular complexity index is 1540. The van der Waals surface area contributed by atoms with E-state index in [1.807, 2.05) is 30.3 Å². The first-order valence-electron chi connectivity index (χ1n) is 15.1. The van der Waals surface area contributed by atoms with Crippen LogP contribution in [-0.2, 0) is 11.0 Å². The van der Waals surface area contributed by atoms with Gasteiger partial charge in [0.15, 0.2) is 0 Å². The number of benzene rings is 3. The fraction of sp³-hybridized carbons (Fsp3) is 0.353. The Morgan fingerprint density at radius 3 is 1.84 bits per heavy atom. The van der Waals surface area contributed by atoms with Crippen LogP contribution in [0.5, 0.6) is 0 Å². The van der Waals surface area contributed by atoms with E-state index in [1.165, 1.54) is 17.0 Å². The summed E-state index contributed by atoms with van der Waals surface area (Å²) in [5.41, 5.74) is 1.03. The van der Waals surface area contributed by atoms with Gasteiger partial charge in [-0.3, -0.25) is 29.0 Å². The van der Waals surface area contributed by atoms with Crippen LogP contribution in [-0.4, -0.2) is 83.1 Å². The molecule has 3 aromatic rings. The van der Waals surface area contributed by atoms with Crippen molar-refractivity contribution < 1.29 is 32.3 Å². The first kappa shape index (κ1) is 30.5. The Morgan fingerprint density at radius 2 is 1.29 bits per heavy atom. The van der Waals surface area contributed by atoms with E-state index < -0.39 is 11.7 Å². The predicted octanol–water partition coefficient (Wildman–Crippen LogP) is 5.10. The van der Waals surface area contributed by atoms with E-state index in [1.54, 1.807) is 34.1 Å². The molecule has 0 aliphatic carbocycles. The quantitative estimate of drug-likeness (QED) is 0.359. The molecule has 2 fully saturated rings. The fourth-order valence-electron chi connectivity index (χ4n) is 6.60. The summed E-state index contributed by atoms with van der Waals surface area (Å²) in [7, 11) is 0. The lowest BCUT2D eigenvalue weighted by molar-refractivity contribution is -0.137. The monoisotopic (exact) mass is 618 g/mol. The first-order chi connectivity index (χ1) is 21.6. The summed E-state index contributed by atoms with van der Waals surface area (Å²) in [6.45, 7) is 2.03. The molecule has 0 bridgehead atoms. The third kappa shape index (κ3) is 6.22. The number of fused-ring (bicyclic) bond motifs is 1. The number of nitrogens with zero attached hydrogens (tertiary/aromatic N) is 4. The van der Waals surface area contributed by atoms with Crippen LogP contribution in [0.3, 0.4) is 0 Å². The number of alkyl halides is 3. The molecule has 2 saturated heterocycles. The molecule has 3 aromatic carbocycles. The lowest BCUT2D eigenvalue weighted by Gasteiger charge is -2.40. The van der Waals surface area contributed by atoms with Gasteiger partial charge in [-0.05, 0) is 74.2 Å². The van der Waals surface area contributed by atoms with Gasteiger partial charge < -0.3 is 9.80 Å². The van der Waals surface area contributed by atoms with Gasteiger partial charge in [0.1, 0.15) is 0 Å². The molecule has 0 aromatic heterocycles. The number of carbonyl (C=O) groups excluding carboxylic acids is 4. The Morgan fingerprint density at radius 1 is 0.733 bits per heavy atom. The van der Waals surface area contributed by atoms with Crippen LogP contribution in [0.15, 0.2) is 78.9 Å². The van der Waals surface area contributed by atoms with Crippen LogP contribution in [0.1, 0.15) is 62.3 Å². The minimum Gasteiger partial charge on any atom is -0.338 e. The van der Waals surface area contributed by atoms with Crippen LogP contribution >= 0.6 is 0 Å². The van der Waals surface area contributed by atoms with E-state index in [2.05, 4.69) is 4.90 Å². The van der Waals surface area contributed by atoms with Crippen molar-refractivity contribution in [3.05, 3.63) is 101 Å². The average molecular weight is 619 g/mol. The van der Waals surface area contributed by atoms with E-state index in [9.17, 15) is 32.3 Å². The van der Waals surface area contributed by atoms with E-state index in [-0.39, 0.29) is 47.8 Å². The lowest BCUT2D eigenvalue weighted by atomic mass is 10.00. The van der Waals surface area contributed by atoms with Crippen molar-refractivity contribution in [3.63, 3.8) is 0 Å². The number of hydrogen-bond donors (Lipinski definition) is 0. The third-order valence-corrected chi connectivity index (χ3v) is 8.99. The number of halogens is 3. The second kappa shape index (κ2) is 12.5. The predicted molar refractivity (Wildman–Crippen MR) is 161 cm³/mol. The smallest absolute Gasteiger partial charge is 0.338 e. The number of anilines is 1. The highest BCUT2D eigenvalue weighted by Crippen LogP contribution is 2.31. The molecule has 3 heterocycles. The molecule has 0 atom stereocenters. The number of carbonyl (C=O) groups is 4. The Hall–Kier alpha value is -4.51. The highest BCUT2D eigenvalue weighted by molar-refractivity contribution is 6.21. The van der Waals surface area contributed by atoms with Gasteiger partial charge in [-0.2, -0.15) is 13.2 Å². The van der Waals surface area contributed by atoms with Crippen LogP contribution < -0.4 is 4.90 Å². The zero-order chi connectivity index (χ0) is 31.7. The molecular weight excluding hydrogens is 585 g/mol. The Kier molecular flexibility index (Phi) is 8.46. The summed E-state index contributed by atoms with van der Waals surface area (Å²) in [5.74, 6) is -0.930. The first-order valence-corrected chi connectivity index (χ1v) is 15.1. The number of amides is 4. The highest BCUT2D eigenvalue weighted by Gasteiger charge is 2.41. The lowest BCUT2D eigenvalue weighted by Crippen LogP contribution is -2.53. The highest BCUT2D eigenvalue weighted by atomic mass is 19.4. The molecule has 234 valence electrons. The molecule has 3 aliphatic rings. The molecule has 0 saturated carbocycles. The van der Waals surface area contributed by atoms with Gasteiger partial charge in [0.25, 0.3) is 17.7 Å². The van der Waals surface area contributed by atoms with Gasteiger partial charge in [0, 0.05) is 49.5 Å². The number of para-hydroxylation sites is 1. The van der Waals surface area contributed by atoms with Crippen LogP contribution in [0, 0.1) is 0 Å². The third-order valence-electron chi connectivity index (χ3n) is 8.99. The molecule has 0 radical (unpaired) electrons. The van der Waals surface area contributed by atoms with Crippen molar-refractivity contribution >= 4 is 29.3 Å². The average Bonchev–Trinajstić information content (AvgIpc) is 3.31. The summed E-state index contributed by atoms with van der Waals surface area (Å²) in [5, 5.41) is 0. The van der Waals surface area contributed by atoms with E-state index in [0.29, 0.717) is 63.0 Å². The molecule has 6 rings (SSSR count). The number of rotatable bonds is 6. The van der Waals surface area contributed by atoms with Gasteiger partial charge >= 0.3 is 6.18 Å². The van der Waals surface area contributed by atoms with Crippen molar-refractivity contribution in [2.75, 3.05) is 37.6 Å². The topological polar surface area (TPSA) is 81.2 Å². The Balaban J connectivity index is 1.07. The maximum atomic E-state index is 13.8. The summed E-state index contributed by atoms with van der Waals surface area (Å²) < 4.78 is 38.8. The Labute approximate surface area is 259 Å². The summed E-state index contributed by atoms with van der Waals surface area (Å²) >= 11 is 0. The van der Waals surface area contributed by atoms with Gasteiger partial charge in [0.2, 0.25) is 5.91 Å². The van der Waals surface area contributed by atoms with Crippen molar-refractivity contribution in [1.82, 2.24) is 14.7 Å². The summed E-state index contributed by atoms with van der Waals surface area (Å²) in [4.78, 5) is 59.6. The molecule has 0 spiro atoms. The zero-order valence-electron chi connectivity index (χ0n) is 24.6. The maximum absolute atomic E-state index is 13.8. The van der Waals surface area contributed by atoms with E-state index >= 15 is 0 Å². The summed E-state index contributed by atoms with van der Waals surface area (Å²) in [6.07, 6.45) is -2.27. The molecule has 4 amide bonds. The largest absolute Gasteiger partial charge is 0.416 e. The molecule has 8 nitrogen and oxygen atoms in total. The van der Waals surface area contributed by atoms with Crippen LogP contribution in [0.4, 0.5) is 18.9 Å². The molecule has 0 N–H and O–H groups in total. The van der Waals surface area contributed by atoms with Gasteiger partial charge in [-0.1, -0.05) is 30.3 Å². The van der Waals surface area contributed by atoms with Crippen LogP contribution in [0.25, 0.3) is 0 Å². The second-order valence-corrected chi connectivity index (χ2v) is 11.7. The number of imide groups is 1. The van der Waals surface area contributed by atoms with Gasteiger partial charge in [0.05, 0.1) is 23.2 Å². The second-order valence-electron chi connectivity index (χ2n) is 11.7. The number of likely N-dealkylation sites (tertiary alicyclic amines) is 2. The minimum atomic E-state index is -4.47. The standard InChI is InChI=1S/C34H33F3N4O4/c35-34(36,37)24-12-10-23(11-13-24)31(43)39-20-16-26(17-21-39)40(25-6-2-1-3-7-25)30(42)22-38-18-14-27(15-19-38)41-32(44)28-8-4-5-9-29(28)33(41)45/h1-13,26-27H,14-22H2. The molecule has 3 aliphatic heterocycles. The SMILES string of the molecule is O=C(c1ccc(C(F)(F)F)cc1)N1CCC(N(C(=O)CN2CCC(N3C(=O)c4ccccc4C3=O)CC2)c2ccccc2)CC1. The van der Waals surface area contributed by atoms with Crippen molar-refractivity contribution in [3.8, 4) is 0 Å². The van der Waals surface area contributed by atoms with Crippen molar-refractivity contribution in [1.29, 1.82) is 0 Å². The van der Waals surface area contributed by atoms with E-state index in [0.717, 1.165) is 17.8 Å². The van der Waals surface area contributed by atoms with Crippen LogP contribution in [0.2, 0.25) is 0 Å². The molecule has 45 heavy (non-hydrogen) atoms. The number of piperidine rings is 2. The van der Waals surface area contributed by atoms with Crippen molar-refractivity contribution in [2.24, 2.45) is 0 Å². The minimum absolute atomic E-state index is 0.0760. The number of hydrogen-bond acceptors (Lipinski definition) is 5. The molecule has 0 unspecified atom stereocenters. The van der Waals surface area contributed by atoms with Gasteiger partial charge in [-0.15, -0.1) is 0 Å². The van der Waals surface area contributed by atoms with E-state index in [4.69, 9.17) is 0 Å². The van der Waals surface area contributed by atoms with Gasteiger partial charge in [-0.25, -0.2) is 0 Å². The molecular formula is C34H33F3N4O4. The summed E-state index contributed by atoms with van der Waals surface area (Å²) in [6, 6.07) is 20.1. The molecule has 11 heteroatoms. The fourth-order valence-corrected chi connectivity index (χ4v) is 6.60. The van der Waals surface area contributed by atoms with Crippen molar-refractivity contribution in [2.45, 2.75) is 43.9 Å². The maximum Gasteiger partial charge on any atom is 0.416 e.